The monoisotopic (exact) mass is 420 g/mol. The number of methoxy groups -OCH3 is 1. The molecule has 3 aromatic rings. The summed E-state index contributed by atoms with van der Waals surface area (Å²) < 4.78 is 36.4. The van der Waals surface area contributed by atoms with Crippen molar-refractivity contribution in [3.63, 3.8) is 0 Å². The van der Waals surface area contributed by atoms with Crippen LogP contribution in [0.25, 0.3) is 10.9 Å². The highest BCUT2D eigenvalue weighted by Gasteiger charge is 2.16. The van der Waals surface area contributed by atoms with Crippen LogP contribution in [0.2, 0.25) is 5.15 Å². The lowest BCUT2D eigenvalue weighted by Crippen LogP contribution is -2.19. The molecule has 2 aromatic carbocycles. The Kier molecular flexibility index (Phi) is 5.83. The maximum atomic E-state index is 12.3. The number of nitrogens with one attached hydrogen (secondary N) is 1. The number of hydrogen-bond donors (Lipinski definition) is 1. The molecule has 9 heteroatoms. The van der Waals surface area contributed by atoms with E-state index in [9.17, 15) is 13.2 Å². The zero-order valence-electron chi connectivity index (χ0n) is 15.1. The fourth-order valence-corrected chi connectivity index (χ4v) is 3.51. The molecule has 0 aliphatic rings. The molecule has 0 radical (unpaired) electrons. The van der Waals surface area contributed by atoms with Crippen molar-refractivity contribution >= 4 is 38.5 Å². The van der Waals surface area contributed by atoms with Crippen LogP contribution >= 0.6 is 11.6 Å². The van der Waals surface area contributed by atoms with Crippen molar-refractivity contribution in [2.24, 2.45) is 0 Å². The summed E-state index contributed by atoms with van der Waals surface area (Å²) in [4.78, 5) is 16.6. The van der Waals surface area contributed by atoms with E-state index in [0.29, 0.717) is 16.8 Å². The summed E-state index contributed by atoms with van der Waals surface area (Å²) >= 11 is 6.20. The fourth-order valence-electron chi connectivity index (χ4n) is 2.53. The van der Waals surface area contributed by atoms with Crippen molar-refractivity contribution in [3.8, 4) is 5.75 Å². The molecule has 1 heterocycles. The Morgan fingerprint density at radius 3 is 2.68 bits per heavy atom. The highest BCUT2D eigenvalue weighted by molar-refractivity contribution is 7.89. The number of ether oxygens (including phenoxy) is 2. The predicted molar refractivity (Wildman–Crippen MR) is 105 cm³/mol. The van der Waals surface area contributed by atoms with E-state index in [4.69, 9.17) is 21.1 Å². The summed E-state index contributed by atoms with van der Waals surface area (Å²) in [6.45, 7) is -0.102. The lowest BCUT2D eigenvalue weighted by atomic mass is 10.1. The second kappa shape index (κ2) is 8.14. The highest BCUT2D eigenvalue weighted by Crippen LogP contribution is 2.25. The fraction of sp³-hybridized carbons (Fsp3) is 0.158. The number of aromatic nitrogens is 1. The number of halogens is 1. The third-order valence-corrected chi connectivity index (χ3v) is 5.80. The van der Waals surface area contributed by atoms with Gasteiger partial charge in [-0.05, 0) is 43.4 Å². The zero-order chi connectivity index (χ0) is 20.3. The number of pyridine rings is 1. The normalized spacial score (nSPS) is 11.4. The number of esters is 1. The average Bonchev–Trinajstić information content (AvgIpc) is 2.71. The van der Waals surface area contributed by atoms with Crippen molar-refractivity contribution in [1.29, 1.82) is 0 Å². The Morgan fingerprint density at radius 2 is 1.96 bits per heavy atom. The van der Waals surface area contributed by atoms with E-state index in [1.165, 1.54) is 31.3 Å². The van der Waals surface area contributed by atoms with Gasteiger partial charge in [0.05, 0.1) is 23.1 Å². The molecule has 0 spiro atoms. The van der Waals surface area contributed by atoms with Crippen LogP contribution in [0, 0.1) is 0 Å². The average molecular weight is 421 g/mol. The van der Waals surface area contributed by atoms with Gasteiger partial charge in [-0.1, -0.05) is 17.7 Å². The number of rotatable bonds is 6. The first-order chi connectivity index (χ1) is 13.3. The minimum atomic E-state index is -3.66. The topological polar surface area (TPSA) is 94.6 Å². The molecule has 0 aliphatic carbocycles. The molecular formula is C19H17ClN2O5S. The van der Waals surface area contributed by atoms with E-state index >= 15 is 0 Å². The molecule has 0 atom stereocenters. The van der Waals surface area contributed by atoms with E-state index in [0.717, 1.165) is 5.39 Å². The van der Waals surface area contributed by atoms with Crippen molar-refractivity contribution in [2.45, 2.75) is 11.5 Å². The third kappa shape index (κ3) is 4.24. The molecule has 0 unspecified atom stereocenters. The molecule has 0 amide bonds. The molecule has 0 bridgehead atoms. The first-order valence-corrected chi connectivity index (χ1v) is 10.0. The highest BCUT2D eigenvalue weighted by atomic mass is 35.5. The summed E-state index contributed by atoms with van der Waals surface area (Å²) in [6.07, 6.45) is 0. The maximum absolute atomic E-state index is 12.3. The van der Waals surface area contributed by atoms with Crippen LogP contribution in [0.3, 0.4) is 0 Å². The van der Waals surface area contributed by atoms with Crippen LogP contribution in [-0.4, -0.2) is 33.5 Å². The van der Waals surface area contributed by atoms with Gasteiger partial charge in [0.2, 0.25) is 10.0 Å². The number of nitrogens with zero attached hydrogens (tertiary/aromatic N) is 1. The second-order valence-corrected chi connectivity index (χ2v) is 8.05. The van der Waals surface area contributed by atoms with Gasteiger partial charge in [-0.15, -0.1) is 0 Å². The summed E-state index contributed by atoms with van der Waals surface area (Å²) in [7, 11) is -0.798. The van der Waals surface area contributed by atoms with Crippen LogP contribution in [0.5, 0.6) is 5.75 Å². The number of hydrogen-bond acceptors (Lipinski definition) is 6. The Labute approximate surface area is 167 Å². The Balaban J connectivity index is 1.79. The SMILES string of the molecule is CNS(=O)(=O)c1cccc(C(=O)OCc2cc3ccc(OC)cc3nc2Cl)c1. The van der Waals surface area contributed by atoms with Crippen molar-refractivity contribution in [1.82, 2.24) is 9.71 Å². The van der Waals surface area contributed by atoms with Gasteiger partial charge in [0.15, 0.2) is 0 Å². The van der Waals surface area contributed by atoms with E-state index in [2.05, 4.69) is 9.71 Å². The molecule has 3 rings (SSSR count). The summed E-state index contributed by atoms with van der Waals surface area (Å²) in [6, 6.07) is 12.7. The van der Waals surface area contributed by atoms with Gasteiger partial charge < -0.3 is 9.47 Å². The van der Waals surface area contributed by atoms with Gasteiger partial charge in [0.25, 0.3) is 0 Å². The molecule has 0 saturated carbocycles. The lowest BCUT2D eigenvalue weighted by Gasteiger charge is -2.09. The smallest absolute Gasteiger partial charge is 0.338 e. The molecule has 0 fully saturated rings. The first kappa shape index (κ1) is 20.1. The van der Waals surface area contributed by atoms with Gasteiger partial charge in [-0.3, -0.25) is 0 Å². The molecule has 0 saturated heterocycles. The van der Waals surface area contributed by atoms with E-state index in [-0.39, 0.29) is 22.2 Å². The van der Waals surface area contributed by atoms with Crippen LogP contribution in [0.1, 0.15) is 15.9 Å². The molecule has 7 nitrogen and oxygen atoms in total. The quantitative estimate of drug-likeness (QED) is 0.486. The van der Waals surface area contributed by atoms with Crippen LogP contribution in [0.4, 0.5) is 0 Å². The Hall–Kier alpha value is -2.68. The predicted octanol–water partition coefficient (Wildman–Crippen LogP) is 3.16. The molecule has 1 N–H and O–H groups in total. The molecule has 146 valence electrons. The zero-order valence-corrected chi connectivity index (χ0v) is 16.7. The lowest BCUT2D eigenvalue weighted by molar-refractivity contribution is 0.0472. The van der Waals surface area contributed by atoms with Crippen LogP contribution < -0.4 is 9.46 Å². The van der Waals surface area contributed by atoms with Crippen molar-refractivity contribution in [3.05, 3.63) is 64.8 Å². The second-order valence-electron chi connectivity index (χ2n) is 5.81. The summed E-state index contributed by atoms with van der Waals surface area (Å²) in [5, 5.41) is 1.03. The molecule has 1 aromatic heterocycles. The van der Waals surface area contributed by atoms with E-state index in [1.807, 2.05) is 6.07 Å². The number of benzene rings is 2. The Morgan fingerprint density at radius 1 is 1.18 bits per heavy atom. The minimum Gasteiger partial charge on any atom is -0.497 e. The third-order valence-electron chi connectivity index (χ3n) is 4.06. The summed E-state index contributed by atoms with van der Waals surface area (Å²) in [5.41, 5.74) is 1.31. The maximum Gasteiger partial charge on any atom is 0.338 e. The van der Waals surface area contributed by atoms with Crippen molar-refractivity contribution < 1.29 is 22.7 Å². The van der Waals surface area contributed by atoms with Crippen molar-refractivity contribution in [2.75, 3.05) is 14.2 Å². The molecule has 0 aliphatic heterocycles. The molecule has 28 heavy (non-hydrogen) atoms. The summed E-state index contributed by atoms with van der Waals surface area (Å²) in [5.74, 6) is -0.00862. The van der Waals surface area contributed by atoms with Gasteiger partial charge in [-0.25, -0.2) is 22.9 Å². The van der Waals surface area contributed by atoms with Gasteiger partial charge >= 0.3 is 5.97 Å². The van der Waals surface area contributed by atoms with Gasteiger partial charge in [0, 0.05) is 17.0 Å². The number of sulfonamides is 1. The number of fused-ring (bicyclic) bond motifs is 1. The van der Waals surface area contributed by atoms with Gasteiger partial charge in [0.1, 0.15) is 17.5 Å². The number of carbonyl (C=O) groups is 1. The largest absolute Gasteiger partial charge is 0.497 e. The Bertz CT molecular complexity index is 1150. The van der Waals surface area contributed by atoms with Crippen LogP contribution in [-0.2, 0) is 21.4 Å². The number of carbonyl (C=O) groups excluding carboxylic acids is 1. The first-order valence-electron chi connectivity index (χ1n) is 8.18. The van der Waals surface area contributed by atoms with E-state index in [1.54, 1.807) is 25.3 Å². The van der Waals surface area contributed by atoms with E-state index < -0.39 is 16.0 Å². The minimum absolute atomic E-state index is 0.0243. The van der Waals surface area contributed by atoms with Crippen LogP contribution in [0.15, 0.2) is 53.4 Å². The standard InChI is InChI=1S/C19H17ClN2O5S/c1-21-28(24,25)16-5-3-4-13(9-16)19(23)27-11-14-8-12-6-7-15(26-2)10-17(12)22-18(14)20/h3-10,21H,11H2,1-2H3. The van der Waals surface area contributed by atoms with Gasteiger partial charge in [-0.2, -0.15) is 0 Å². The molecular weight excluding hydrogens is 404 g/mol.